The molecule has 0 bridgehead atoms. The molecule has 0 radical (unpaired) electrons. The van der Waals surface area contributed by atoms with Crippen LogP contribution in [0.4, 0.5) is 5.69 Å². The molecule has 0 unspecified atom stereocenters. The maximum atomic E-state index is 6.01. The van der Waals surface area contributed by atoms with Crippen molar-refractivity contribution in [1.82, 2.24) is 0 Å². The van der Waals surface area contributed by atoms with Gasteiger partial charge >= 0.3 is 0 Å². The van der Waals surface area contributed by atoms with E-state index in [1.807, 2.05) is 24.3 Å². The molecule has 0 aromatic heterocycles. The Balaban J connectivity index is 1.86. The van der Waals surface area contributed by atoms with Crippen LogP contribution in [0.5, 0.6) is 11.5 Å². The third kappa shape index (κ3) is 4.20. The number of ether oxygens (including phenoxy) is 2. The number of hydrogen-bond donors (Lipinski definition) is 1. The maximum absolute atomic E-state index is 6.01. The number of anilines is 1. The normalized spacial score (nSPS) is 10.3. The number of rotatable bonds is 5. The Morgan fingerprint density at radius 2 is 1.50 bits per heavy atom. The van der Waals surface area contributed by atoms with Crippen LogP contribution < -0.4 is 15.2 Å². The minimum absolute atomic E-state index is 0.333. The molecule has 0 saturated carbocycles. The van der Waals surface area contributed by atoms with E-state index in [1.54, 1.807) is 12.1 Å². The predicted octanol–water partition coefficient (Wildman–Crippen LogP) is 4.80. The Labute approximate surface area is 135 Å². The van der Waals surface area contributed by atoms with Crippen LogP contribution in [0.2, 0.25) is 10.0 Å². The second-order valence-electron chi connectivity index (χ2n) is 3.96. The number of benzene rings is 2. The van der Waals surface area contributed by atoms with Gasteiger partial charge in [-0.05, 0) is 36.4 Å². The second-order valence-corrected chi connectivity index (χ2v) is 5.69. The average molecular weight is 377 g/mol. The van der Waals surface area contributed by atoms with E-state index in [4.69, 9.17) is 38.4 Å². The highest BCUT2D eigenvalue weighted by Crippen LogP contribution is 2.34. The highest BCUT2D eigenvalue weighted by molar-refractivity contribution is 9.10. The molecule has 0 aliphatic rings. The van der Waals surface area contributed by atoms with Gasteiger partial charge in [-0.2, -0.15) is 0 Å². The predicted molar refractivity (Wildman–Crippen MR) is 86.0 cm³/mol. The van der Waals surface area contributed by atoms with E-state index >= 15 is 0 Å². The first kappa shape index (κ1) is 15.3. The molecule has 0 heterocycles. The lowest BCUT2D eigenvalue weighted by Gasteiger charge is -2.11. The van der Waals surface area contributed by atoms with Gasteiger partial charge < -0.3 is 15.2 Å². The van der Waals surface area contributed by atoms with Gasteiger partial charge in [-0.15, -0.1) is 0 Å². The van der Waals surface area contributed by atoms with Crippen molar-refractivity contribution in [2.24, 2.45) is 0 Å². The summed E-state index contributed by atoms with van der Waals surface area (Å²) in [7, 11) is 0. The smallest absolute Gasteiger partial charge is 0.156 e. The van der Waals surface area contributed by atoms with Crippen LogP contribution in [0.3, 0.4) is 0 Å². The van der Waals surface area contributed by atoms with Crippen molar-refractivity contribution in [2.45, 2.75) is 0 Å². The molecule has 0 spiro atoms. The lowest BCUT2D eigenvalue weighted by molar-refractivity contribution is 0.217. The van der Waals surface area contributed by atoms with Gasteiger partial charge in [0.05, 0.1) is 10.0 Å². The van der Waals surface area contributed by atoms with Crippen LogP contribution in [0.1, 0.15) is 0 Å². The molecule has 0 atom stereocenters. The molecule has 6 heteroatoms. The van der Waals surface area contributed by atoms with E-state index in [0.29, 0.717) is 34.7 Å². The minimum atomic E-state index is 0.333. The van der Waals surface area contributed by atoms with Gasteiger partial charge in [0.1, 0.15) is 19.0 Å². The number of nitrogen functional groups attached to an aromatic ring is 1. The summed E-state index contributed by atoms with van der Waals surface area (Å²) in [5, 5.41) is 0.775. The quantitative estimate of drug-likeness (QED) is 0.602. The fraction of sp³-hybridized carbons (Fsp3) is 0.143. The molecule has 20 heavy (non-hydrogen) atoms. The van der Waals surface area contributed by atoms with E-state index in [0.717, 1.165) is 10.2 Å². The first-order valence-electron chi connectivity index (χ1n) is 5.82. The summed E-state index contributed by atoms with van der Waals surface area (Å²) in [5.74, 6) is 1.19. The van der Waals surface area contributed by atoms with Crippen LogP contribution in [0.15, 0.2) is 40.9 Å². The summed E-state index contributed by atoms with van der Waals surface area (Å²) in [5.41, 5.74) is 6.12. The molecule has 106 valence electrons. The number of nitrogens with two attached hydrogens (primary N) is 1. The molecule has 3 nitrogen and oxygen atoms in total. The monoisotopic (exact) mass is 375 g/mol. The van der Waals surface area contributed by atoms with Crippen molar-refractivity contribution < 1.29 is 9.47 Å². The Morgan fingerprint density at radius 3 is 2.10 bits per heavy atom. The van der Waals surface area contributed by atoms with Crippen molar-refractivity contribution in [3.05, 3.63) is 50.9 Å². The van der Waals surface area contributed by atoms with Gasteiger partial charge in [0, 0.05) is 10.2 Å². The van der Waals surface area contributed by atoms with E-state index in [-0.39, 0.29) is 0 Å². The molecule has 0 saturated heterocycles. The van der Waals surface area contributed by atoms with E-state index in [9.17, 15) is 0 Å². The summed E-state index contributed by atoms with van der Waals surface area (Å²) in [4.78, 5) is 0. The molecular weight excluding hydrogens is 365 g/mol. The summed E-state index contributed by atoms with van der Waals surface area (Å²) in [6, 6.07) is 10.7. The highest BCUT2D eigenvalue weighted by Gasteiger charge is 2.08. The third-order valence-corrected chi connectivity index (χ3v) is 3.52. The first-order valence-corrected chi connectivity index (χ1v) is 7.37. The molecule has 2 rings (SSSR count). The Hall–Kier alpha value is -1.10. The minimum Gasteiger partial charge on any atom is -0.490 e. The van der Waals surface area contributed by atoms with E-state index < -0.39 is 0 Å². The second kappa shape index (κ2) is 7.07. The standard InChI is InChI=1S/C14H12BrCl2NO2/c15-9-1-3-11(4-2-9)19-5-6-20-14-12(16)7-10(18)8-13(14)17/h1-4,7-8H,5-6,18H2. The highest BCUT2D eigenvalue weighted by atomic mass is 79.9. The van der Waals surface area contributed by atoms with Gasteiger partial charge in [-0.1, -0.05) is 39.1 Å². The molecule has 2 aromatic rings. The SMILES string of the molecule is Nc1cc(Cl)c(OCCOc2ccc(Br)cc2)c(Cl)c1. The van der Waals surface area contributed by atoms with Crippen LogP contribution in [-0.2, 0) is 0 Å². The van der Waals surface area contributed by atoms with Crippen molar-refractivity contribution in [3.8, 4) is 11.5 Å². The van der Waals surface area contributed by atoms with Crippen LogP contribution in [0.25, 0.3) is 0 Å². The molecular formula is C14H12BrCl2NO2. The molecule has 0 aliphatic heterocycles. The van der Waals surface area contributed by atoms with Crippen molar-refractivity contribution in [3.63, 3.8) is 0 Å². The van der Waals surface area contributed by atoms with Gasteiger partial charge in [0.25, 0.3) is 0 Å². The van der Waals surface area contributed by atoms with E-state index in [2.05, 4.69) is 15.9 Å². The van der Waals surface area contributed by atoms with Gasteiger partial charge in [-0.3, -0.25) is 0 Å². The fourth-order valence-electron chi connectivity index (χ4n) is 1.55. The zero-order valence-electron chi connectivity index (χ0n) is 10.4. The van der Waals surface area contributed by atoms with E-state index in [1.165, 1.54) is 0 Å². The summed E-state index contributed by atoms with van der Waals surface area (Å²) < 4.78 is 12.0. The van der Waals surface area contributed by atoms with Crippen molar-refractivity contribution in [1.29, 1.82) is 0 Å². The molecule has 0 fully saturated rings. The van der Waals surface area contributed by atoms with Crippen molar-refractivity contribution in [2.75, 3.05) is 18.9 Å². The largest absolute Gasteiger partial charge is 0.490 e. The van der Waals surface area contributed by atoms with Crippen LogP contribution in [0, 0.1) is 0 Å². The lowest BCUT2D eigenvalue weighted by Crippen LogP contribution is -2.09. The Bertz CT molecular complexity index is 567. The zero-order valence-corrected chi connectivity index (χ0v) is 13.5. The first-order chi connectivity index (χ1) is 9.56. The summed E-state index contributed by atoms with van der Waals surface area (Å²) in [6.45, 7) is 0.720. The number of hydrogen-bond acceptors (Lipinski definition) is 3. The number of halogens is 3. The molecule has 0 aliphatic carbocycles. The average Bonchev–Trinajstić information content (AvgIpc) is 2.39. The maximum Gasteiger partial charge on any atom is 0.156 e. The fourth-order valence-corrected chi connectivity index (χ4v) is 2.43. The third-order valence-electron chi connectivity index (χ3n) is 2.43. The summed E-state index contributed by atoms with van der Waals surface area (Å²) >= 11 is 15.4. The van der Waals surface area contributed by atoms with Crippen LogP contribution in [-0.4, -0.2) is 13.2 Å². The van der Waals surface area contributed by atoms with Crippen LogP contribution >= 0.6 is 39.1 Å². The zero-order chi connectivity index (χ0) is 14.5. The molecule has 0 amide bonds. The topological polar surface area (TPSA) is 44.5 Å². The molecule has 2 N–H and O–H groups in total. The summed E-state index contributed by atoms with van der Waals surface area (Å²) in [6.07, 6.45) is 0. The van der Waals surface area contributed by atoms with Crippen molar-refractivity contribution >= 4 is 44.8 Å². The Morgan fingerprint density at radius 1 is 0.950 bits per heavy atom. The Kier molecular flexibility index (Phi) is 5.40. The van der Waals surface area contributed by atoms with Gasteiger partial charge in [0.15, 0.2) is 5.75 Å². The van der Waals surface area contributed by atoms with Gasteiger partial charge in [-0.25, -0.2) is 0 Å². The lowest BCUT2D eigenvalue weighted by atomic mass is 10.3. The van der Waals surface area contributed by atoms with Gasteiger partial charge in [0.2, 0.25) is 0 Å². The molecule has 2 aromatic carbocycles.